The first-order valence-electron chi connectivity index (χ1n) is 4.28. The second-order valence-corrected chi connectivity index (χ2v) is 3.88. The van der Waals surface area contributed by atoms with Crippen molar-refractivity contribution in [1.82, 2.24) is 0 Å². The molecule has 0 spiro atoms. The molecule has 0 aromatic heterocycles. The summed E-state index contributed by atoms with van der Waals surface area (Å²) in [6, 6.07) is 3.19. The number of benzene rings is 1. The van der Waals surface area contributed by atoms with Crippen molar-refractivity contribution in [2.75, 3.05) is 6.54 Å². The van der Waals surface area contributed by atoms with Crippen molar-refractivity contribution in [1.29, 1.82) is 0 Å². The van der Waals surface area contributed by atoms with Crippen LogP contribution in [0, 0.1) is 6.92 Å². The number of Topliss-reactive ketones (excluding diaryl/α,β-unsaturated/α-hetero) is 1. The smallest absolute Gasteiger partial charge is 0.164 e. The largest absolute Gasteiger partial charge is 0.507 e. The average Bonchev–Trinajstić information content (AvgIpc) is 2.13. The molecule has 0 amide bonds. The summed E-state index contributed by atoms with van der Waals surface area (Å²) in [6.45, 7) is 2.15. The summed E-state index contributed by atoms with van der Waals surface area (Å²) in [6.07, 6.45) is 0.306. The van der Waals surface area contributed by atoms with Gasteiger partial charge in [0.15, 0.2) is 5.78 Å². The minimum atomic E-state index is -0.0431. The van der Waals surface area contributed by atoms with Crippen LogP contribution >= 0.6 is 15.9 Å². The molecule has 0 aliphatic rings. The fourth-order valence-corrected chi connectivity index (χ4v) is 1.42. The number of phenolic OH excluding ortho intramolecular Hbond substituents is 1. The number of phenols is 1. The Labute approximate surface area is 91.1 Å². The molecule has 0 saturated carbocycles. The monoisotopic (exact) mass is 257 g/mol. The Kier molecular flexibility index (Phi) is 3.66. The van der Waals surface area contributed by atoms with Gasteiger partial charge in [-0.1, -0.05) is 0 Å². The van der Waals surface area contributed by atoms with Crippen molar-refractivity contribution in [2.24, 2.45) is 5.73 Å². The highest BCUT2D eigenvalue weighted by atomic mass is 79.9. The van der Waals surface area contributed by atoms with Crippen LogP contribution in [-0.4, -0.2) is 17.4 Å². The normalized spacial score (nSPS) is 10.2. The summed E-state index contributed by atoms with van der Waals surface area (Å²) in [5.41, 5.74) is 6.63. The van der Waals surface area contributed by atoms with Crippen LogP contribution in [0.3, 0.4) is 0 Å². The standard InChI is InChI=1S/C10H12BrNO2/c1-6-4-7(8(13)2-3-12)5-9(14)10(6)11/h4-5,14H,2-3,12H2,1H3. The summed E-state index contributed by atoms with van der Waals surface area (Å²) in [5, 5.41) is 9.47. The van der Waals surface area contributed by atoms with Crippen LogP contribution in [0.15, 0.2) is 16.6 Å². The van der Waals surface area contributed by atoms with Gasteiger partial charge in [0.25, 0.3) is 0 Å². The fraction of sp³-hybridized carbons (Fsp3) is 0.300. The van der Waals surface area contributed by atoms with E-state index in [1.54, 1.807) is 6.07 Å². The maximum absolute atomic E-state index is 11.5. The van der Waals surface area contributed by atoms with Gasteiger partial charge in [-0.25, -0.2) is 0 Å². The predicted molar refractivity (Wildman–Crippen MR) is 58.5 cm³/mol. The SMILES string of the molecule is Cc1cc(C(=O)CCN)cc(O)c1Br. The molecule has 76 valence electrons. The number of aromatic hydroxyl groups is 1. The molecule has 0 fully saturated rings. The topological polar surface area (TPSA) is 63.3 Å². The summed E-state index contributed by atoms with van der Waals surface area (Å²) in [7, 11) is 0. The lowest BCUT2D eigenvalue weighted by atomic mass is 10.1. The Morgan fingerprint density at radius 3 is 2.71 bits per heavy atom. The Morgan fingerprint density at radius 1 is 1.57 bits per heavy atom. The van der Waals surface area contributed by atoms with E-state index in [0.717, 1.165) is 5.56 Å². The van der Waals surface area contributed by atoms with E-state index < -0.39 is 0 Å². The van der Waals surface area contributed by atoms with Gasteiger partial charge in [0.2, 0.25) is 0 Å². The Hall–Kier alpha value is -0.870. The second kappa shape index (κ2) is 4.57. The van der Waals surface area contributed by atoms with E-state index in [-0.39, 0.29) is 11.5 Å². The van der Waals surface area contributed by atoms with E-state index >= 15 is 0 Å². The third-order valence-electron chi connectivity index (χ3n) is 1.93. The highest BCUT2D eigenvalue weighted by Gasteiger charge is 2.09. The molecule has 14 heavy (non-hydrogen) atoms. The minimum Gasteiger partial charge on any atom is -0.507 e. The average molecular weight is 258 g/mol. The molecular weight excluding hydrogens is 246 g/mol. The second-order valence-electron chi connectivity index (χ2n) is 3.09. The number of rotatable bonds is 3. The van der Waals surface area contributed by atoms with Crippen LogP contribution < -0.4 is 5.73 Å². The van der Waals surface area contributed by atoms with Crippen LogP contribution in [0.4, 0.5) is 0 Å². The maximum atomic E-state index is 11.5. The molecule has 3 nitrogen and oxygen atoms in total. The molecule has 1 aromatic carbocycles. The number of carbonyl (C=O) groups excluding carboxylic acids is 1. The van der Waals surface area contributed by atoms with Crippen molar-refractivity contribution in [2.45, 2.75) is 13.3 Å². The third kappa shape index (κ3) is 2.33. The molecular formula is C10H12BrNO2. The van der Waals surface area contributed by atoms with E-state index in [1.165, 1.54) is 6.07 Å². The first kappa shape index (κ1) is 11.2. The lowest BCUT2D eigenvalue weighted by Crippen LogP contribution is -2.08. The van der Waals surface area contributed by atoms with Gasteiger partial charge in [0.05, 0.1) is 4.47 Å². The lowest BCUT2D eigenvalue weighted by Gasteiger charge is -2.05. The number of carbonyl (C=O) groups is 1. The maximum Gasteiger partial charge on any atom is 0.164 e. The van der Waals surface area contributed by atoms with E-state index in [2.05, 4.69) is 15.9 Å². The Balaban J connectivity index is 3.06. The van der Waals surface area contributed by atoms with E-state index in [9.17, 15) is 9.90 Å². The first-order chi connectivity index (χ1) is 6.56. The number of ketones is 1. The Morgan fingerprint density at radius 2 is 2.21 bits per heavy atom. The molecule has 0 heterocycles. The molecule has 0 bridgehead atoms. The summed E-state index contributed by atoms with van der Waals surface area (Å²) in [4.78, 5) is 11.5. The summed E-state index contributed by atoms with van der Waals surface area (Å²) >= 11 is 3.22. The summed E-state index contributed by atoms with van der Waals surface area (Å²) < 4.78 is 0.627. The zero-order chi connectivity index (χ0) is 10.7. The zero-order valence-corrected chi connectivity index (χ0v) is 9.47. The number of hydrogen-bond donors (Lipinski definition) is 2. The fourth-order valence-electron chi connectivity index (χ4n) is 1.19. The van der Waals surface area contributed by atoms with Gasteiger partial charge in [-0.15, -0.1) is 0 Å². The van der Waals surface area contributed by atoms with Gasteiger partial charge in [0.1, 0.15) is 5.75 Å². The molecule has 4 heteroatoms. The van der Waals surface area contributed by atoms with Gasteiger partial charge in [0, 0.05) is 12.0 Å². The molecule has 0 atom stereocenters. The highest BCUT2D eigenvalue weighted by molar-refractivity contribution is 9.10. The minimum absolute atomic E-state index is 0.0431. The molecule has 0 aliphatic heterocycles. The molecule has 0 unspecified atom stereocenters. The number of halogens is 1. The van der Waals surface area contributed by atoms with Crippen molar-refractivity contribution < 1.29 is 9.90 Å². The van der Waals surface area contributed by atoms with Crippen molar-refractivity contribution >= 4 is 21.7 Å². The van der Waals surface area contributed by atoms with E-state index in [1.807, 2.05) is 6.92 Å². The first-order valence-corrected chi connectivity index (χ1v) is 5.08. The van der Waals surface area contributed by atoms with Crippen LogP contribution in [0.2, 0.25) is 0 Å². The molecule has 3 N–H and O–H groups in total. The number of aryl methyl sites for hydroxylation is 1. The van der Waals surface area contributed by atoms with Gasteiger partial charge in [-0.05, 0) is 47.1 Å². The van der Waals surface area contributed by atoms with Crippen LogP contribution in [0.1, 0.15) is 22.3 Å². The van der Waals surface area contributed by atoms with Crippen molar-refractivity contribution in [3.8, 4) is 5.75 Å². The van der Waals surface area contributed by atoms with Crippen LogP contribution in [-0.2, 0) is 0 Å². The Bertz CT molecular complexity index is 340. The summed E-state index contributed by atoms with van der Waals surface area (Å²) in [5.74, 6) is 0.0452. The van der Waals surface area contributed by atoms with E-state index in [0.29, 0.717) is 23.0 Å². The zero-order valence-electron chi connectivity index (χ0n) is 7.88. The van der Waals surface area contributed by atoms with Gasteiger partial charge in [-0.2, -0.15) is 0 Å². The molecule has 0 saturated heterocycles. The van der Waals surface area contributed by atoms with Gasteiger partial charge < -0.3 is 10.8 Å². The van der Waals surface area contributed by atoms with Crippen molar-refractivity contribution in [3.05, 3.63) is 27.7 Å². The predicted octanol–water partition coefficient (Wildman–Crippen LogP) is 1.99. The molecule has 1 rings (SSSR count). The molecule has 0 aliphatic carbocycles. The highest BCUT2D eigenvalue weighted by Crippen LogP contribution is 2.28. The number of hydrogen-bond acceptors (Lipinski definition) is 3. The quantitative estimate of drug-likeness (QED) is 0.815. The van der Waals surface area contributed by atoms with Crippen LogP contribution in [0.25, 0.3) is 0 Å². The molecule has 0 radical (unpaired) electrons. The van der Waals surface area contributed by atoms with Gasteiger partial charge >= 0.3 is 0 Å². The van der Waals surface area contributed by atoms with E-state index in [4.69, 9.17) is 5.73 Å². The lowest BCUT2D eigenvalue weighted by molar-refractivity contribution is 0.0985. The van der Waals surface area contributed by atoms with Crippen molar-refractivity contribution in [3.63, 3.8) is 0 Å². The van der Waals surface area contributed by atoms with Crippen LogP contribution in [0.5, 0.6) is 5.75 Å². The molecule has 1 aromatic rings. The van der Waals surface area contributed by atoms with Gasteiger partial charge in [-0.3, -0.25) is 4.79 Å². The number of nitrogens with two attached hydrogens (primary N) is 1. The third-order valence-corrected chi connectivity index (χ3v) is 2.96.